The summed E-state index contributed by atoms with van der Waals surface area (Å²) in [7, 11) is 2.08. The summed E-state index contributed by atoms with van der Waals surface area (Å²) in [5, 5.41) is 16.6. The van der Waals surface area contributed by atoms with E-state index in [0.29, 0.717) is 17.3 Å². The van der Waals surface area contributed by atoms with Gasteiger partial charge in [0.1, 0.15) is 23.6 Å². The first-order chi connectivity index (χ1) is 14.6. The molecule has 4 heterocycles. The molecule has 5 rings (SSSR count). The molecule has 1 aliphatic carbocycles. The van der Waals surface area contributed by atoms with Crippen LogP contribution in [0, 0.1) is 17.2 Å². The highest BCUT2D eigenvalue weighted by atomic mass is 16.5. The number of aromatic nitrogens is 3. The zero-order chi connectivity index (χ0) is 20.7. The van der Waals surface area contributed by atoms with E-state index >= 15 is 0 Å². The predicted molar refractivity (Wildman–Crippen MR) is 111 cm³/mol. The summed E-state index contributed by atoms with van der Waals surface area (Å²) in [5.41, 5.74) is 2.92. The molecule has 2 aliphatic rings. The molecule has 1 amide bonds. The monoisotopic (exact) mass is 402 g/mol. The zero-order valence-electron chi connectivity index (χ0n) is 16.7. The molecule has 8 heteroatoms. The summed E-state index contributed by atoms with van der Waals surface area (Å²) >= 11 is 0. The molecule has 3 aromatic heterocycles. The Morgan fingerprint density at radius 2 is 2.17 bits per heavy atom. The van der Waals surface area contributed by atoms with Gasteiger partial charge < -0.3 is 15.0 Å². The van der Waals surface area contributed by atoms with Gasteiger partial charge in [-0.05, 0) is 50.1 Å². The lowest BCUT2D eigenvalue weighted by molar-refractivity contribution is -0.117. The van der Waals surface area contributed by atoms with Crippen molar-refractivity contribution in [3.8, 4) is 22.9 Å². The summed E-state index contributed by atoms with van der Waals surface area (Å²) in [6, 6.07) is 9.61. The number of anilines is 1. The van der Waals surface area contributed by atoms with Crippen molar-refractivity contribution in [1.82, 2.24) is 19.5 Å². The molecule has 1 saturated carbocycles. The van der Waals surface area contributed by atoms with Crippen molar-refractivity contribution >= 4 is 17.2 Å². The Morgan fingerprint density at radius 1 is 1.30 bits per heavy atom. The summed E-state index contributed by atoms with van der Waals surface area (Å²) < 4.78 is 7.97. The topological polar surface area (TPSA) is 95.6 Å². The Bertz CT molecular complexity index is 1160. The highest BCUT2D eigenvalue weighted by Crippen LogP contribution is 2.33. The third kappa shape index (κ3) is 3.72. The number of nitrogens with one attached hydrogen (secondary N) is 1. The highest BCUT2D eigenvalue weighted by molar-refractivity contribution is 5.93. The van der Waals surface area contributed by atoms with Crippen LogP contribution in [0.1, 0.15) is 25.0 Å². The SMILES string of the molecule is CN1CC[C@H](Oc2cnc(C#N)cc2-c2ccn3nc(NC(=O)C4CC4)cc3c2)C1. The van der Waals surface area contributed by atoms with Crippen LogP contribution in [0.15, 0.2) is 36.7 Å². The summed E-state index contributed by atoms with van der Waals surface area (Å²) in [6.45, 7) is 1.87. The van der Waals surface area contributed by atoms with Gasteiger partial charge in [-0.2, -0.15) is 10.4 Å². The molecule has 0 bridgehead atoms. The first kappa shape index (κ1) is 18.6. The summed E-state index contributed by atoms with van der Waals surface area (Å²) in [6.07, 6.45) is 6.44. The molecule has 2 fully saturated rings. The number of likely N-dealkylation sites (N-methyl/N-ethyl adjacent to an activating group) is 1. The molecule has 0 spiro atoms. The van der Waals surface area contributed by atoms with Crippen molar-refractivity contribution in [1.29, 1.82) is 5.26 Å². The molecule has 30 heavy (non-hydrogen) atoms. The molecular formula is C22H22N6O2. The van der Waals surface area contributed by atoms with Gasteiger partial charge in [-0.1, -0.05) is 0 Å². The standard InChI is InChI=1S/C22H22N6O2/c1-27-6-5-18(13-27)30-20-12-24-16(11-23)9-19(20)15-4-7-28-17(8-15)10-21(26-28)25-22(29)14-2-3-14/h4,7-10,12,14,18H,2-3,5-6,13H2,1H3,(H,25,26,29)/t18-/m0/s1. The fraction of sp³-hybridized carbons (Fsp3) is 0.364. The molecule has 152 valence electrons. The van der Waals surface area contributed by atoms with Gasteiger partial charge in [-0.3, -0.25) is 4.79 Å². The van der Waals surface area contributed by atoms with E-state index in [4.69, 9.17) is 4.74 Å². The normalized spacial score (nSPS) is 19.0. The van der Waals surface area contributed by atoms with Gasteiger partial charge in [-0.15, -0.1) is 0 Å². The Hall–Kier alpha value is -3.44. The maximum Gasteiger partial charge on any atom is 0.228 e. The van der Waals surface area contributed by atoms with Gasteiger partial charge in [0.05, 0.1) is 11.7 Å². The lowest BCUT2D eigenvalue weighted by atomic mass is 10.1. The number of carbonyl (C=O) groups is 1. The van der Waals surface area contributed by atoms with Crippen molar-refractivity contribution in [2.24, 2.45) is 5.92 Å². The molecule has 1 aliphatic heterocycles. The summed E-state index contributed by atoms with van der Waals surface area (Å²) in [5.74, 6) is 1.37. The van der Waals surface area contributed by atoms with Gasteiger partial charge in [0.25, 0.3) is 0 Å². The molecule has 0 radical (unpaired) electrons. The van der Waals surface area contributed by atoms with E-state index in [-0.39, 0.29) is 17.9 Å². The number of hydrogen-bond acceptors (Lipinski definition) is 6. The van der Waals surface area contributed by atoms with Crippen LogP contribution < -0.4 is 10.1 Å². The number of nitriles is 1. The van der Waals surface area contributed by atoms with Crippen molar-refractivity contribution in [2.45, 2.75) is 25.4 Å². The Morgan fingerprint density at radius 3 is 2.90 bits per heavy atom. The number of nitrogens with zero attached hydrogens (tertiary/aromatic N) is 5. The van der Waals surface area contributed by atoms with Crippen molar-refractivity contribution < 1.29 is 9.53 Å². The number of ether oxygens (including phenoxy) is 1. The smallest absolute Gasteiger partial charge is 0.228 e. The Labute approximate surface area is 174 Å². The molecule has 0 unspecified atom stereocenters. The van der Waals surface area contributed by atoms with Crippen molar-refractivity contribution in [3.63, 3.8) is 0 Å². The van der Waals surface area contributed by atoms with E-state index in [2.05, 4.69) is 33.4 Å². The number of fused-ring (bicyclic) bond motifs is 1. The van der Waals surface area contributed by atoms with E-state index in [0.717, 1.165) is 49.0 Å². The van der Waals surface area contributed by atoms with Gasteiger partial charge >= 0.3 is 0 Å². The number of likely N-dealkylation sites (tertiary alicyclic amines) is 1. The lowest BCUT2D eigenvalue weighted by Gasteiger charge is -2.17. The van der Waals surface area contributed by atoms with E-state index in [9.17, 15) is 10.1 Å². The second-order valence-corrected chi connectivity index (χ2v) is 8.05. The average Bonchev–Trinajstić information content (AvgIpc) is 3.41. The maximum absolute atomic E-state index is 12.0. The first-order valence-corrected chi connectivity index (χ1v) is 10.1. The minimum atomic E-state index is 0.0312. The van der Waals surface area contributed by atoms with Crippen molar-refractivity contribution in [2.75, 3.05) is 25.5 Å². The largest absolute Gasteiger partial charge is 0.487 e. The van der Waals surface area contributed by atoms with Crippen LogP contribution in [-0.2, 0) is 4.79 Å². The fourth-order valence-corrected chi connectivity index (χ4v) is 3.79. The third-order valence-electron chi connectivity index (χ3n) is 5.60. The van der Waals surface area contributed by atoms with Crippen LogP contribution >= 0.6 is 0 Å². The van der Waals surface area contributed by atoms with Gasteiger partial charge in [0.15, 0.2) is 5.82 Å². The van der Waals surface area contributed by atoms with E-state index < -0.39 is 0 Å². The van der Waals surface area contributed by atoms with E-state index in [1.54, 1.807) is 16.8 Å². The predicted octanol–water partition coefficient (Wildman–Crippen LogP) is 2.70. The quantitative estimate of drug-likeness (QED) is 0.705. The number of carbonyl (C=O) groups excluding carboxylic acids is 1. The minimum absolute atomic E-state index is 0.0312. The molecule has 8 nitrogen and oxygen atoms in total. The molecular weight excluding hydrogens is 380 g/mol. The Balaban J connectivity index is 1.47. The van der Waals surface area contributed by atoms with Crippen LogP contribution in [0.5, 0.6) is 5.75 Å². The number of rotatable bonds is 5. The average molecular weight is 402 g/mol. The van der Waals surface area contributed by atoms with Crippen LogP contribution in [-0.4, -0.2) is 51.6 Å². The van der Waals surface area contributed by atoms with E-state index in [1.165, 1.54) is 0 Å². The summed E-state index contributed by atoms with van der Waals surface area (Å²) in [4.78, 5) is 18.5. The molecule has 1 atom stereocenters. The Kier molecular flexibility index (Phi) is 4.60. The van der Waals surface area contributed by atoms with E-state index in [1.807, 2.05) is 24.4 Å². The third-order valence-corrected chi connectivity index (χ3v) is 5.60. The van der Waals surface area contributed by atoms with Crippen LogP contribution in [0.25, 0.3) is 16.6 Å². The number of amides is 1. The van der Waals surface area contributed by atoms with Gasteiger partial charge in [-0.25, -0.2) is 9.50 Å². The highest BCUT2D eigenvalue weighted by Gasteiger charge is 2.30. The first-order valence-electron chi connectivity index (χ1n) is 10.1. The molecule has 1 saturated heterocycles. The molecule has 3 aromatic rings. The second-order valence-electron chi connectivity index (χ2n) is 8.05. The van der Waals surface area contributed by atoms with Crippen molar-refractivity contribution in [3.05, 3.63) is 42.4 Å². The maximum atomic E-state index is 12.0. The number of hydrogen-bond donors (Lipinski definition) is 1. The van der Waals surface area contributed by atoms with Gasteiger partial charge in [0.2, 0.25) is 5.91 Å². The second kappa shape index (κ2) is 7.43. The van der Waals surface area contributed by atoms with Crippen LogP contribution in [0.4, 0.5) is 5.82 Å². The molecule has 1 N–H and O–H groups in total. The number of pyridine rings is 2. The fourth-order valence-electron chi connectivity index (χ4n) is 3.79. The van der Waals surface area contributed by atoms with Gasteiger partial charge in [0, 0.05) is 36.8 Å². The van der Waals surface area contributed by atoms with Crippen LogP contribution in [0.2, 0.25) is 0 Å². The molecule has 0 aromatic carbocycles. The van der Waals surface area contributed by atoms with Crippen LogP contribution in [0.3, 0.4) is 0 Å². The zero-order valence-corrected chi connectivity index (χ0v) is 16.7. The lowest BCUT2D eigenvalue weighted by Crippen LogP contribution is -2.21. The minimum Gasteiger partial charge on any atom is -0.487 e.